The summed E-state index contributed by atoms with van der Waals surface area (Å²) in [5.41, 5.74) is 2.83. The van der Waals surface area contributed by atoms with Gasteiger partial charge in [0.2, 0.25) is 0 Å². The van der Waals surface area contributed by atoms with Crippen molar-refractivity contribution in [1.82, 2.24) is 0 Å². The van der Waals surface area contributed by atoms with Gasteiger partial charge in [-0.25, -0.2) is 0 Å². The van der Waals surface area contributed by atoms with Gasteiger partial charge in [0.15, 0.2) is 0 Å². The van der Waals surface area contributed by atoms with Gasteiger partial charge in [-0.1, -0.05) is 42.5 Å². The zero-order valence-electron chi connectivity index (χ0n) is 9.98. The van der Waals surface area contributed by atoms with Gasteiger partial charge in [0.05, 0.1) is 0 Å². The van der Waals surface area contributed by atoms with E-state index in [1.807, 2.05) is 0 Å². The van der Waals surface area contributed by atoms with Crippen LogP contribution >= 0.6 is 12.6 Å². The zero-order valence-corrected chi connectivity index (χ0v) is 10.9. The third kappa shape index (κ3) is 2.12. The van der Waals surface area contributed by atoms with Crippen molar-refractivity contribution in [1.29, 1.82) is 0 Å². The maximum atomic E-state index is 4.66. The molecule has 0 fully saturated rings. The van der Waals surface area contributed by atoms with Crippen LogP contribution in [-0.2, 0) is 6.42 Å². The molecule has 0 nitrogen and oxygen atoms in total. The number of rotatable bonds is 0. The molecule has 0 saturated carbocycles. The minimum Gasteiger partial charge on any atom is -0.164 e. The molecular formula is C16H16S. The van der Waals surface area contributed by atoms with Crippen LogP contribution in [-0.4, -0.2) is 4.75 Å². The van der Waals surface area contributed by atoms with Crippen molar-refractivity contribution >= 4 is 30.9 Å². The zero-order chi connectivity index (χ0) is 11.9. The van der Waals surface area contributed by atoms with Gasteiger partial charge in [0.25, 0.3) is 0 Å². The summed E-state index contributed by atoms with van der Waals surface area (Å²) in [5.74, 6) is 0. The largest absolute Gasteiger partial charge is 0.164 e. The second kappa shape index (κ2) is 3.92. The van der Waals surface area contributed by atoms with Crippen molar-refractivity contribution in [2.45, 2.75) is 24.5 Å². The lowest BCUT2D eigenvalue weighted by Crippen LogP contribution is -2.28. The first-order valence-electron chi connectivity index (χ1n) is 6.08. The third-order valence-electron chi connectivity index (χ3n) is 3.38. The Morgan fingerprint density at radius 3 is 3.00 bits per heavy atom. The van der Waals surface area contributed by atoms with E-state index >= 15 is 0 Å². The maximum absolute atomic E-state index is 4.66. The number of benzene rings is 1. The molecule has 0 aliphatic heterocycles. The third-order valence-corrected chi connectivity index (χ3v) is 3.66. The van der Waals surface area contributed by atoms with Gasteiger partial charge in [-0.3, -0.25) is 0 Å². The number of thiol groups is 1. The molecule has 0 spiro atoms. The monoisotopic (exact) mass is 240 g/mol. The molecule has 1 atom stereocenters. The first kappa shape index (κ1) is 10.9. The highest BCUT2D eigenvalue weighted by molar-refractivity contribution is 7.82. The summed E-state index contributed by atoms with van der Waals surface area (Å²) in [6.45, 7) is 2.12. The lowest BCUT2D eigenvalue weighted by Gasteiger charge is -2.13. The molecular weight excluding hydrogens is 224 g/mol. The fourth-order valence-electron chi connectivity index (χ4n) is 2.50. The van der Waals surface area contributed by atoms with Gasteiger partial charge in [0, 0.05) is 4.75 Å². The van der Waals surface area contributed by atoms with E-state index in [9.17, 15) is 0 Å². The molecule has 0 amide bonds. The van der Waals surface area contributed by atoms with Crippen LogP contribution in [0.3, 0.4) is 0 Å². The van der Waals surface area contributed by atoms with E-state index in [1.54, 1.807) is 0 Å². The van der Waals surface area contributed by atoms with E-state index in [1.165, 1.54) is 21.6 Å². The number of hydrogen-bond donors (Lipinski definition) is 1. The molecule has 86 valence electrons. The molecule has 0 radical (unpaired) electrons. The van der Waals surface area contributed by atoms with Crippen LogP contribution < -0.4 is 10.4 Å². The normalized spacial score (nSPS) is 25.3. The standard InChI is InChI=1S/C16H16S/c1-16(17)8-4-7-14-9-12-5-2-3-6-13(12)10-15(14)11-16/h2,4-5,7-11,17H,3,6H2,1H3. The van der Waals surface area contributed by atoms with Crippen molar-refractivity contribution in [2.24, 2.45) is 0 Å². The molecule has 3 rings (SSSR count). The van der Waals surface area contributed by atoms with E-state index in [4.69, 9.17) is 0 Å². The summed E-state index contributed by atoms with van der Waals surface area (Å²) in [6.07, 6.45) is 15.5. The summed E-state index contributed by atoms with van der Waals surface area (Å²) in [6, 6.07) is 4.61. The molecule has 2 aliphatic rings. The Bertz CT molecular complexity index is 630. The minimum atomic E-state index is -0.152. The molecule has 1 heteroatoms. The second-order valence-corrected chi connectivity index (χ2v) is 5.98. The Morgan fingerprint density at radius 1 is 1.24 bits per heavy atom. The first-order valence-corrected chi connectivity index (χ1v) is 6.53. The van der Waals surface area contributed by atoms with Crippen LogP contribution in [0.5, 0.6) is 0 Å². The Morgan fingerprint density at radius 2 is 2.12 bits per heavy atom. The highest BCUT2D eigenvalue weighted by Crippen LogP contribution is 2.19. The highest BCUT2D eigenvalue weighted by atomic mass is 32.1. The van der Waals surface area contributed by atoms with Crippen molar-refractivity contribution in [2.75, 3.05) is 0 Å². The van der Waals surface area contributed by atoms with Crippen molar-refractivity contribution in [3.63, 3.8) is 0 Å². The van der Waals surface area contributed by atoms with Crippen molar-refractivity contribution in [3.8, 4) is 0 Å². The number of allylic oxidation sites excluding steroid dienone is 2. The average molecular weight is 240 g/mol. The molecule has 0 saturated heterocycles. The predicted molar refractivity (Wildman–Crippen MR) is 78.5 cm³/mol. The van der Waals surface area contributed by atoms with Gasteiger partial charge in [-0.2, -0.15) is 12.6 Å². The first-order chi connectivity index (χ1) is 8.14. The van der Waals surface area contributed by atoms with Gasteiger partial charge in [-0.15, -0.1) is 0 Å². The fraction of sp³-hybridized carbons (Fsp3) is 0.250. The molecule has 17 heavy (non-hydrogen) atoms. The minimum absolute atomic E-state index is 0.152. The quantitative estimate of drug-likeness (QED) is 0.662. The van der Waals surface area contributed by atoms with E-state index in [2.05, 4.69) is 68.1 Å². The van der Waals surface area contributed by atoms with E-state index in [0.717, 1.165) is 12.8 Å². The molecule has 0 aromatic heterocycles. The number of aryl methyl sites for hydroxylation is 1. The predicted octanol–water partition coefficient (Wildman–Crippen LogP) is 2.47. The van der Waals surface area contributed by atoms with Crippen LogP contribution in [0.1, 0.15) is 24.5 Å². The average Bonchev–Trinajstić information content (AvgIpc) is 2.42. The Hall–Kier alpha value is -1.21. The van der Waals surface area contributed by atoms with Crippen LogP contribution in [0, 0.1) is 0 Å². The van der Waals surface area contributed by atoms with Crippen LogP contribution in [0.4, 0.5) is 0 Å². The van der Waals surface area contributed by atoms with Crippen LogP contribution in [0.25, 0.3) is 18.2 Å². The second-order valence-electron chi connectivity index (χ2n) is 5.02. The molecule has 0 heterocycles. The molecule has 1 aromatic carbocycles. The Labute approximate surface area is 107 Å². The summed E-state index contributed by atoms with van der Waals surface area (Å²) < 4.78 is -0.152. The van der Waals surface area contributed by atoms with Gasteiger partial charge >= 0.3 is 0 Å². The van der Waals surface area contributed by atoms with Crippen LogP contribution in [0.15, 0.2) is 30.4 Å². The van der Waals surface area contributed by atoms with Gasteiger partial charge in [0.1, 0.15) is 0 Å². The smallest absolute Gasteiger partial charge is 0.0472 e. The Balaban J connectivity index is 2.31. The summed E-state index contributed by atoms with van der Waals surface area (Å²) >= 11 is 4.66. The van der Waals surface area contributed by atoms with Gasteiger partial charge in [-0.05, 0) is 47.4 Å². The molecule has 1 unspecified atom stereocenters. The maximum Gasteiger partial charge on any atom is 0.0472 e. The van der Waals surface area contributed by atoms with Gasteiger partial charge < -0.3 is 0 Å². The highest BCUT2D eigenvalue weighted by Gasteiger charge is 2.13. The summed E-state index contributed by atoms with van der Waals surface area (Å²) in [4.78, 5) is 0. The number of fused-ring (bicyclic) bond motifs is 2. The summed E-state index contributed by atoms with van der Waals surface area (Å²) in [7, 11) is 0. The lowest BCUT2D eigenvalue weighted by molar-refractivity contribution is 0.980. The molecule has 1 aromatic rings. The SMILES string of the molecule is CC1(S)C=CC=c2cc3c(cc2=C1)CCC=C3. The van der Waals surface area contributed by atoms with E-state index in [-0.39, 0.29) is 4.75 Å². The number of hydrogen-bond acceptors (Lipinski definition) is 1. The lowest BCUT2D eigenvalue weighted by atomic mass is 9.95. The van der Waals surface area contributed by atoms with Crippen molar-refractivity contribution in [3.05, 3.63) is 51.9 Å². The van der Waals surface area contributed by atoms with Crippen molar-refractivity contribution < 1.29 is 0 Å². The molecule has 0 N–H and O–H groups in total. The molecule has 2 aliphatic carbocycles. The Kier molecular flexibility index (Phi) is 2.52. The van der Waals surface area contributed by atoms with E-state index < -0.39 is 0 Å². The topological polar surface area (TPSA) is 0 Å². The van der Waals surface area contributed by atoms with Crippen LogP contribution in [0.2, 0.25) is 0 Å². The summed E-state index contributed by atoms with van der Waals surface area (Å²) in [5, 5.41) is 2.60. The molecule has 0 bridgehead atoms. The van der Waals surface area contributed by atoms with E-state index in [0.29, 0.717) is 0 Å². The fourth-order valence-corrected chi connectivity index (χ4v) is 2.72.